The Bertz CT molecular complexity index is 969. The first-order valence-corrected chi connectivity index (χ1v) is 11.0. The summed E-state index contributed by atoms with van der Waals surface area (Å²) in [5.41, 5.74) is 2.06. The molecule has 0 radical (unpaired) electrons. The predicted molar refractivity (Wildman–Crippen MR) is 111 cm³/mol. The van der Waals surface area contributed by atoms with Gasteiger partial charge in [0.25, 0.3) is 0 Å². The van der Waals surface area contributed by atoms with Crippen molar-refractivity contribution in [3.05, 3.63) is 53.6 Å². The number of nitrogens with one attached hydrogen (secondary N) is 1. The van der Waals surface area contributed by atoms with E-state index in [0.717, 1.165) is 11.3 Å². The number of aryl methyl sites for hydroxylation is 2. The standard InChI is InChI=1S/C21H26N2O5S/c1-16-7-9-18(15-20(16)29(25,26)23-11-13-28-14-12-23)22-21(24)10-8-17-5-3-4-6-19(17)27-2/h3-7,9,15H,8,10-14H2,1-2H3,(H,22,24). The lowest BCUT2D eigenvalue weighted by molar-refractivity contribution is -0.116. The van der Waals surface area contributed by atoms with Crippen LogP contribution >= 0.6 is 0 Å². The minimum atomic E-state index is -3.63. The molecule has 29 heavy (non-hydrogen) atoms. The van der Waals surface area contributed by atoms with Gasteiger partial charge in [0.2, 0.25) is 15.9 Å². The van der Waals surface area contributed by atoms with E-state index in [4.69, 9.17) is 9.47 Å². The van der Waals surface area contributed by atoms with Gasteiger partial charge in [-0.15, -0.1) is 0 Å². The van der Waals surface area contributed by atoms with E-state index in [0.29, 0.717) is 44.0 Å². The maximum absolute atomic E-state index is 13.0. The zero-order valence-corrected chi connectivity index (χ0v) is 17.5. The fraction of sp³-hybridized carbons (Fsp3) is 0.381. The summed E-state index contributed by atoms with van der Waals surface area (Å²) in [5.74, 6) is 0.559. The second kappa shape index (κ2) is 9.39. The summed E-state index contributed by atoms with van der Waals surface area (Å²) in [7, 11) is -2.03. The lowest BCUT2D eigenvalue weighted by Gasteiger charge is -2.26. The SMILES string of the molecule is COc1ccccc1CCC(=O)Nc1ccc(C)c(S(=O)(=O)N2CCOCC2)c1. The summed E-state index contributed by atoms with van der Waals surface area (Å²) in [6.45, 7) is 3.18. The highest BCUT2D eigenvalue weighted by Gasteiger charge is 2.28. The van der Waals surface area contributed by atoms with Gasteiger partial charge in [0.1, 0.15) is 5.75 Å². The first kappa shape index (κ1) is 21.3. The fourth-order valence-electron chi connectivity index (χ4n) is 3.26. The predicted octanol–water partition coefficient (Wildman–Crippen LogP) is 2.60. The Labute approximate surface area is 171 Å². The molecule has 0 spiro atoms. The maximum atomic E-state index is 13.0. The van der Waals surface area contributed by atoms with Crippen molar-refractivity contribution in [3.8, 4) is 5.75 Å². The minimum Gasteiger partial charge on any atom is -0.496 e. The van der Waals surface area contributed by atoms with E-state index >= 15 is 0 Å². The zero-order chi connectivity index (χ0) is 20.9. The number of amides is 1. The molecule has 7 nitrogen and oxygen atoms in total. The molecule has 0 saturated carbocycles. The number of nitrogens with zero attached hydrogens (tertiary/aromatic N) is 1. The summed E-state index contributed by atoms with van der Waals surface area (Å²) in [5, 5.41) is 2.80. The highest BCUT2D eigenvalue weighted by molar-refractivity contribution is 7.89. The maximum Gasteiger partial charge on any atom is 0.243 e. The van der Waals surface area contributed by atoms with Gasteiger partial charge in [0.15, 0.2) is 0 Å². The third kappa shape index (κ3) is 5.14. The molecule has 1 fully saturated rings. The molecule has 0 aliphatic carbocycles. The molecule has 0 atom stereocenters. The molecule has 1 aliphatic heterocycles. The Morgan fingerprint density at radius 2 is 1.90 bits per heavy atom. The van der Waals surface area contributed by atoms with Crippen LogP contribution in [0.1, 0.15) is 17.5 Å². The molecule has 1 heterocycles. The van der Waals surface area contributed by atoms with Crippen molar-refractivity contribution < 1.29 is 22.7 Å². The fourth-order valence-corrected chi connectivity index (χ4v) is 4.92. The normalized spacial score (nSPS) is 15.1. The van der Waals surface area contributed by atoms with Crippen molar-refractivity contribution in [2.24, 2.45) is 0 Å². The highest BCUT2D eigenvalue weighted by atomic mass is 32.2. The quantitative estimate of drug-likeness (QED) is 0.747. The number of para-hydroxylation sites is 1. The van der Waals surface area contributed by atoms with Crippen molar-refractivity contribution in [2.75, 3.05) is 38.7 Å². The molecule has 2 aromatic rings. The monoisotopic (exact) mass is 418 g/mol. The van der Waals surface area contributed by atoms with Crippen molar-refractivity contribution in [2.45, 2.75) is 24.7 Å². The van der Waals surface area contributed by atoms with E-state index in [1.165, 1.54) is 10.4 Å². The summed E-state index contributed by atoms with van der Waals surface area (Å²) in [6.07, 6.45) is 0.792. The molecule has 0 unspecified atom stereocenters. The summed E-state index contributed by atoms with van der Waals surface area (Å²) < 4.78 is 37.9. The number of methoxy groups -OCH3 is 1. The Hall–Kier alpha value is -2.42. The number of rotatable bonds is 7. The van der Waals surface area contributed by atoms with E-state index in [-0.39, 0.29) is 17.2 Å². The van der Waals surface area contributed by atoms with Gasteiger partial charge in [0.05, 0.1) is 25.2 Å². The lowest BCUT2D eigenvalue weighted by Crippen LogP contribution is -2.40. The van der Waals surface area contributed by atoms with Crippen LogP contribution in [-0.2, 0) is 26.0 Å². The van der Waals surface area contributed by atoms with E-state index < -0.39 is 10.0 Å². The van der Waals surface area contributed by atoms with E-state index in [9.17, 15) is 13.2 Å². The second-order valence-corrected chi connectivity index (χ2v) is 8.76. The van der Waals surface area contributed by atoms with Crippen LogP contribution in [0.3, 0.4) is 0 Å². The summed E-state index contributed by atoms with van der Waals surface area (Å²) >= 11 is 0. The minimum absolute atomic E-state index is 0.186. The third-order valence-corrected chi connectivity index (χ3v) is 6.91. The van der Waals surface area contributed by atoms with Crippen LogP contribution in [0.2, 0.25) is 0 Å². The topological polar surface area (TPSA) is 84.9 Å². The average molecular weight is 419 g/mol. The molecule has 1 amide bonds. The van der Waals surface area contributed by atoms with Crippen LogP contribution in [0.5, 0.6) is 5.75 Å². The molecule has 1 saturated heterocycles. The number of hydrogen-bond acceptors (Lipinski definition) is 5. The van der Waals surface area contributed by atoms with Crippen molar-refractivity contribution in [1.82, 2.24) is 4.31 Å². The van der Waals surface area contributed by atoms with Crippen LogP contribution in [0, 0.1) is 6.92 Å². The van der Waals surface area contributed by atoms with Gasteiger partial charge < -0.3 is 14.8 Å². The number of benzene rings is 2. The molecule has 0 aromatic heterocycles. The largest absolute Gasteiger partial charge is 0.496 e. The van der Waals surface area contributed by atoms with Gasteiger partial charge in [-0.2, -0.15) is 4.31 Å². The Balaban J connectivity index is 1.70. The molecule has 1 aliphatic rings. The third-order valence-electron chi connectivity index (χ3n) is 4.87. The van der Waals surface area contributed by atoms with Gasteiger partial charge in [-0.1, -0.05) is 24.3 Å². The zero-order valence-electron chi connectivity index (χ0n) is 16.7. The lowest BCUT2D eigenvalue weighted by atomic mass is 10.1. The van der Waals surface area contributed by atoms with E-state index in [2.05, 4.69) is 5.32 Å². The number of carbonyl (C=O) groups is 1. The molecule has 1 N–H and O–H groups in total. The number of morpholine rings is 1. The first-order valence-electron chi connectivity index (χ1n) is 9.52. The molecule has 156 valence electrons. The second-order valence-electron chi connectivity index (χ2n) is 6.86. The molecular formula is C21H26N2O5S. The highest BCUT2D eigenvalue weighted by Crippen LogP contribution is 2.25. The van der Waals surface area contributed by atoms with E-state index in [1.54, 1.807) is 26.2 Å². The molecule has 8 heteroatoms. The number of hydrogen-bond donors (Lipinski definition) is 1. The molecule has 0 bridgehead atoms. The average Bonchev–Trinajstić information content (AvgIpc) is 2.74. The van der Waals surface area contributed by atoms with Crippen molar-refractivity contribution in [1.29, 1.82) is 0 Å². The van der Waals surface area contributed by atoms with Crippen LogP contribution in [-0.4, -0.2) is 52.0 Å². The van der Waals surface area contributed by atoms with Crippen LogP contribution in [0.15, 0.2) is 47.4 Å². The summed E-state index contributed by atoms with van der Waals surface area (Å²) in [6, 6.07) is 12.5. The van der Waals surface area contributed by atoms with Gasteiger partial charge >= 0.3 is 0 Å². The van der Waals surface area contributed by atoms with Crippen LogP contribution in [0.4, 0.5) is 5.69 Å². The Morgan fingerprint density at radius 3 is 2.62 bits per heavy atom. The van der Waals surface area contributed by atoms with Crippen LogP contribution < -0.4 is 10.1 Å². The van der Waals surface area contributed by atoms with Crippen LogP contribution in [0.25, 0.3) is 0 Å². The molecule has 2 aromatic carbocycles. The molecule has 3 rings (SSSR count). The number of carbonyl (C=O) groups excluding carboxylic acids is 1. The Morgan fingerprint density at radius 1 is 1.17 bits per heavy atom. The van der Waals surface area contributed by atoms with Crippen molar-refractivity contribution >= 4 is 21.6 Å². The van der Waals surface area contributed by atoms with E-state index in [1.807, 2.05) is 24.3 Å². The van der Waals surface area contributed by atoms with Gasteiger partial charge in [0, 0.05) is 25.2 Å². The Kier molecular flexibility index (Phi) is 6.89. The smallest absolute Gasteiger partial charge is 0.243 e. The first-order chi connectivity index (χ1) is 13.9. The number of ether oxygens (including phenoxy) is 2. The summed E-state index contributed by atoms with van der Waals surface area (Å²) in [4.78, 5) is 12.6. The van der Waals surface area contributed by atoms with Gasteiger partial charge in [-0.3, -0.25) is 4.79 Å². The number of sulfonamides is 1. The van der Waals surface area contributed by atoms with Gasteiger partial charge in [-0.25, -0.2) is 8.42 Å². The molecular weight excluding hydrogens is 392 g/mol. The van der Waals surface area contributed by atoms with Crippen molar-refractivity contribution in [3.63, 3.8) is 0 Å². The van der Waals surface area contributed by atoms with Gasteiger partial charge in [-0.05, 0) is 42.7 Å². The number of anilines is 1.